The lowest BCUT2D eigenvalue weighted by Gasteiger charge is -1.73. The first kappa shape index (κ1) is 8.86. The van der Waals surface area contributed by atoms with Gasteiger partial charge in [0.1, 0.15) is 0 Å². The van der Waals surface area contributed by atoms with E-state index >= 15 is 0 Å². The van der Waals surface area contributed by atoms with Gasteiger partial charge in [-0.3, -0.25) is 9.78 Å². The lowest BCUT2D eigenvalue weighted by Crippen LogP contribution is -2.01. The maximum atomic E-state index is 10.2. The van der Waals surface area contributed by atoms with Crippen molar-refractivity contribution >= 4 is 7.69 Å². The van der Waals surface area contributed by atoms with Crippen LogP contribution in [-0.4, -0.2) is 27.7 Å². The lowest BCUT2D eigenvalue weighted by atomic mass is 10.5. The third kappa shape index (κ3) is 5.01. The van der Waals surface area contributed by atoms with Crippen LogP contribution in [0.3, 0.4) is 0 Å². The minimum absolute atomic E-state index is 0.164. The smallest absolute Gasteiger partial charge is 0.430 e. The summed E-state index contributed by atoms with van der Waals surface area (Å²) in [4.78, 5) is 16.1. The first-order chi connectivity index (χ1) is 4.81. The van der Waals surface area contributed by atoms with Crippen molar-refractivity contribution < 1.29 is 10.0 Å². The van der Waals surface area contributed by atoms with Crippen LogP contribution in [0.5, 0.6) is 0 Å². The van der Waals surface area contributed by atoms with Crippen molar-refractivity contribution in [3.63, 3.8) is 0 Å². The maximum absolute atomic E-state index is 10.2. The zero-order valence-corrected chi connectivity index (χ0v) is 5.19. The Balaban J connectivity index is 0.000000236. The lowest BCUT2D eigenvalue weighted by molar-refractivity contribution is 0.448. The second-order valence-electron chi connectivity index (χ2n) is 1.24. The zero-order chi connectivity index (χ0) is 7.82. The van der Waals surface area contributed by atoms with E-state index in [-0.39, 0.29) is 5.56 Å². The van der Waals surface area contributed by atoms with Crippen LogP contribution in [0.4, 0.5) is 0 Å². The summed E-state index contributed by atoms with van der Waals surface area (Å²) in [5.74, 6) is 0. The highest BCUT2D eigenvalue weighted by Gasteiger charge is 1.70. The monoisotopic (exact) mass is 142 g/mol. The quantitative estimate of drug-likeness (QED) is 0.366. The van der Waals surface area contributed by atoms with E-state index in [1.807, 2.05) is 0 Å². The van der Waals surface area contributed by atoms with E-state index in [0.717, 1.165) is 0 Å². The van der Waals surface area contributed by atoms with Gasteiger partial charge in [0.05, 0.1) is 6.20 Å². The molecule has 5 nitrogen and oxygen atoms in total. The third-order valence-corrected chi connectivity index (χ3v) is 0.578. The summed E-state index contributed by atoms with van der Waals surface area (Å²) >= 11 is 0. The van der Waals surface area contributed by atoms with Crippen LogP contribution in [0.15, 0.2) is 23.4 Å². The number of nitrogens with one attached hydrogen (secondary N) is 1. The molecule has 1 aromatic rings. The van der Waals surface area contributed by atoms with Crippen molar-refractivity contribution in [1.82, 2.24) is 9.97 Å². The fourth-order valence-corrected chi connectivity index (χ4v) is 0.310. The molecule has 0 unspecified atom stereocenters. The molecule has 0 spiro atoms. The van der Waals surface area contributed by atoms with Crippen LogP contribution in [-0.2, 0) is 0 Å². The van der Waals surface area contributed by atoms with Crippen molar-refractivity contribution in [3.05, 3.63) is 28.9 Å². The van der Waals surface area contributed by atoms with E-state index in [0.29, 0.717) is 0 Å². The van der Waals surface area contributed by atoms with Gasteiger partial charge in [-0.05, 0) is 0 Å². The van der Waals surface area contributed by atoms with Crippen LogP contribution in [0, 0.1) is 0 Å². The SMILES string of the molecule is O=c1cncc[nH]1.OBO. The average molecular weight is 142 g/mol. The summed E-state index contributed by atoms with van der Waals surface area (Å²) < 4.78 is 0. The van der Waals surface area contributed by atoms with Crippen LogP contribution in [0.2, 0.25) is 0 Å². The van der Waals surface area contributed by atoms with Crippen molar-refractivity contribution in [2.75, 3.05) is 0 Å². The predicted molar refractivity (Wildman–Crippen MR) is 36.4 cm³/mol. The van der Waals surface area contributed by atoms with Gasteiger partial charge in [0.15, 0.2) is 0 Å². The molecule has 0 atom stereocenters. The molecule has 10 heavy (non-hydrogen) atoms. The molecule has 54 valence electrons. The Bertz CT molecular complexity index is 196. The number of rotatable bonds is 0. The molecule has 0 radical (unpaired) electrons. The fourth-order valence-electron chi connectivity index (χ4n) is 0.310. The molecule has 1 rings (SSSR count). The van der Waals surface area contributed by atoms with E-state index in [1.54, 1.807) is 0 Å². The largest absolute Gasteiger partial charge is 0.432 e. The summed E-state index contributed by atoms with van der Waals surface area (Å²) in [5, 5.41) is 14.2. The minimum atomic E-state index is -0.750. The Morgan fingerprint density at radius 3 is 2.40 bits per heavy atom. The molecule has 0 aromatic carbocycles. The Hall–Kier alpha value is -1.14. The van der Waals surface area contributed by atoms with Gasteiger partial charge in [-0.25, -0.2) is 0 Å². The minimum Gasteiger partial charge on any atom is -0.430 e. The van der Waals surface area contributed by atoms with Crippen molar-refractivity contribution in [2.24, 2.45) is 0 Å². The first-order valence-corrected chi connectivity index (χ1v) is 2.51. The predicted octanol–water partition coefficient (Wildman–Crippen LogP) is -1.99. The third-order valence-electron chi connectivity index (χ3n) is 0.578. The number of nitrogens with zero attached hydrogens (tertiary/aromatic N) is 1. The molecule has 0 aliphatic heterocycles. The van der Waals surface area contributed by atoms with Gasteiger partial charge < -0.3 is 15.0 Å². The summed E-state index contributed by atoms with van der Waals surface area (Å²) in [7, 11) is -0.750. The molecule has 6 heteroatoms. The second kappa shape index (κ2) is 5.99. The molecule has 0 saturated heterocycles. The zero-order valence-electron chi connectivity index (χ0n) is 5.19. The molecular formula is C4H7BN2O3. The van der Waals surface area contributed by atoms with Crippen molar-refractivity contribution in [3.8, 4) is 0 Å². The van der Waals surface area contributed by atoms with Crippen molar-refractivity contribution in [2.45, 2.75) is 0 Å². The Kier molecular flexibility index (Phi) is 5.31. The van der Waals surface area contributed by atoms with Crippen LogP contribution >= 0.6 is 0 Å². The van der Waals surface area contributed by atoms with E-state index in [9.17, 15) is 4.79 Å². The molecular weight excluding hydrogens is 135 g/mol. The Labute approximate surface area is 57.7 Å². The average Bonchev–Trinajstić information content (AvgIpc) is 1.91. The maximum Gasteiger partial charge on any atom is 0.432 e. The first-order valence-electron chi connectivity index (χ1n) is 2.51. The number of aromatic amines is 1. The summed E-state index contributed by atoms with van der Waals surface area (Å²) in [6.45, 7) is 0. The highest BCUT2D eigenvalue weighted by atomic mass is 16.4. The van der Waals surface area contributed by atoms with Gasteiger partial charge in [0, 0.05) is 12.4 Å². The molecule has 1 heterocycles. The van der Waals surface area contributed by atoms with E-state index in [4.69, 9.17) is 10.0 Å². The van der Waals surface area contributed by atoms with E-state index in [2.05, 4.69) is 9.97 Å². The molecule has 3 N–H and O–H groups in total. The van der Waals surface area contributed by atoms with Crippen LogP contribution in [0.1, 0.15) is 0 Å². The molecule has 0 amide bonds. The van der Waals surface area contributed by atoms with Gasteiger partial charge in [0.25, 0.3) is 5.56 Å². The Morgan fingerprint density at radius 2 is 2.20 bits per heavy atom. The van der Waals surface area contributed by atoms with Gasteiger partial charge in [0.2, 0.25) is 0 Å². The van der Waals surface area contributed by atoms with Crippen LogP contribution < -0.4 is 5.56 Å². The van der Waals surface area contributed by atoms with Crippen LogP contribution in [0.25, 0.3) is 0 Å². The topological polar surface area (TPSA) is 86.2 Å². The normalized spacial score (nSPS) is 7.40. The van der Waals surface area contributed by atoms with Crippen molar-refractivity contribution in [1.29, 1.82) is 0 Å². The summed E-state index contributed by atoms with van der Waals surface area (Å²) in [6.07, 6.45) is 4.23. The number of H-pyrrole nitrogens is 1. The highest BCUT2D eigenvalue weighted by Crippen LogP contribution is 1.57. The van der Waals surface area contributed by atoms with Gasteiger partial charge in [-0.2, -0.15) is 0 Å². The van der Waals surface area contributed by atoms with Gasteiger partial charge in [-0.15, -0.1) is 0 Å². The standard InChI is InChI=1S/C4H4N2O.BH3O2/c7-4-3-5-1-2-6-4;2-1-3/h1-3H,(H,6,7);1-3H. The molecule has 0 aliphatic rings. The van der Waals surface area contributed by atoms with E-state index < -0.39 is 7.69 Å². The number of aromatic nitrogens is 2. The Morgan fingerprint density at radius 1 is 1.60 bits per heavy atom. The fraction of sp³-hybridized carbons (Fsp3) is 0. The van der Waals surface area contributed by atoms with Gasteiger partial charge >= 0.3 is 7.69 Å². The number of hydrogen-bond donors (Lipinski definition) is 3. The van der Waals surface area contributed by atoms with E-state index in [1.165, 1.54) is 18.6 Å². The van der Waals surface area contributed by atoms with Gasteiger partial charge in [-0.1, -0.05) is 0 Å². The highest BCUT2D eigenvalue weighted by molar-refractivity contribution is 6.13. The molecule has 0 fully saturated rings. The molecule has 0 bridgehead atoms. The number of hydrogen-bond acceptors (Lipinski definition) is 4. The summed E-state index contributed by atoms with van der Waals surface area (Å²) in [5.41, 5.74) is -0.164. The molecule has 0 saturated carbocycles. The molecule has 0 aliphatic carbocycles. The summed E-state index contributed by atoms with van der Waals surface area (Å²) in [6, 6.07) is 0. The molecule has 1 aromatic heterocycles. The second-order valence-corrected chi connectivity index (χ2v) is 1.24.